The van der Waals surface area contributed by atoms with Crippen molar-refractivity contribution in [2.24, 2.45) is 0 Å². The van der Waals surface area contributed by atoms with E-state index in [1.54, 1.807) is 0 Å². The number of nitro groups is 1. The summed E-state index contributed by atoms with van der Waals surface area (Å²) >= 11 is 5.82. The Morgan fingerprint density at radius 1 is 1.29 bits per heavy atom. The molecule has 1 unspecified atom stereocenters. The number of nitro benzene ring substituents is 1. The number of hydrogen-bond donors (Lipinski definition) is 3. The van der Waals surface area contributed by atoms with Crippen LogP contribution in [0, 0.1) is 10.1 Å². The van der Waals surface area contributed by atoms with Gasteiger partial charge in [-0.3, -0.25) is 19.7 Å². The molecule has 0 bridgehead atoms. The van der Waals surface area contributed by atoms with E-state index in [4.69, 9.17) is 11.6 Å². The first-order chi connectivity index (χ1) is 11.2. The molecule has 0 spiro atoms. The van der Waals surface area contributed by atoms with Crippen LogP contribution in [0.25, 0.3) is 0 Å². The van der Waals surface area contributed by atoms with Gasteiger partial charge in [0.1, 0.15) is 5.69 Å². The van der Waals surface area contributed by atoms with E-state index in [0.29, 0.717) is 6.54 Å². The Hall–Kier alpha value is -2.19. The molecule has 3 N–H and O–H groups in total. The van der Waals surface area contributed by atoms with E-state index in [2.05, 4.69) is 10.6 Å². The molecule has 0 aliphatic carbocycles. The van der Waals surface area contributed by atoms with Gasteiger partial charge >= 0.3 is 0 Å². The first-order valence-electron chi connectivity index (χ1n) is 7.59. The van der Waals surface area contributed by atoms with E-state index in [1.165, 1.54) is 18.2 Å². The number of rotatable bonds is 8. The first kappa shape index (κ1) is 19.9. The van der Waals surface area contributed by atoms with Gasteiger partial charge in [-0.1, -0.05) is 11.6 Å². The maximum Gasteiger partial charge on any atom is 0.292 e. The molecule has 1 atom stereocenters. The normalized spacial score (nSPS) is 11.9. The van der Waals surface area contributed by atoms with Crippen LogP contribution in [0.15, 0.2) is 18.2 Å². The van der Waals surface area contributed by atoms with Crippen molar-refractivity contribution in [1.29, 1.82) is 0 Å². The summed E-state index contributed by atoms with van der Waals surface area (Å²) in [6, 6.07) is 3.97. The Labute approximate surface area is 145 Å². The van der Waals surface area contributed by atoms with E-state index in [1.807, 2.05) is 20.8 Å². The molecule has 0 aliphatic heterocycles. The van der Waals surface area contributed by atoms with Gasteiger partial charge in [0.15, 0.2) is 13.1 Å². The predicted molar refractivity (Wildman–Crippen MR) is 91.3 cm³/mol. The molecular weight excluding hydrogens is 336 g/mol. The summed E-state index contributed by atoms with van der Waals surface area (Å²) < 4.78 is 0. The lowest BCUT2D eigenvalue weighted by Gasteiger charge is -2.17. The van der Waals surface area contributed by atoms with Gasteiger partial charge in [0.05, 0.1) is 11.5 Å². The second-order valence-corrected chi connectivity index (χ2v) is 6.08. The number of benzene rings is 1. The van der Waals surface area contributed by atoms with Gasteiger partial charge in [0.2, 0.25) is 0 Å². The van der Waals surface area contributed by atoms with Gasteiger partial charge in [0, 0.05) is 17.1 Å². The van der Waals surface area contributed by atoms with Crippen LogP contribution < -0.4 is 15.5 Å². The van der Waals surface area contributed by atoms with Crippen molar-refractivity contribution in [2.75, 3.05) is 25.0 Å². The molecule has 1 aromatic carbocycles. The zero-order valence-electron chi connectivity index (χ0n) is 13.9. The Kier molecular flexibility index (Phi) is 7.60. The van der Waals surface area contributed by atoms with Crippen molar-refractivity contribution in [3.63, 3.8) is 0 Å². The zero-order valence-corrected chi connectivity index (χ0v) is 14.6. The standard InChI is InChI=1S/C15H21ClN4O4/c1-4-19(8-14(21)17-10(2)3)9-15(22)18-12-7-11(16)5-6-13(12)20(23)24/h5-7,10H,4,8-9H2,1-3H3,(H,17,21)(H,18,22)/p+1. The minimum atomic E-state index is -0.591. The molecule has 0 saturated carbocycles. The first-order valence-corrected chi connectivity index (χ1v) is 7.97. The molecular formula is C15H22ClN4O4+. The molecule has 0 fully saturated rings. The van der Waals surface area contributed by atoms with Crippen LogP contribution >= 0.6 is 11.6 Å². The van der Waals surface area contributed by atoms with Crippen LogP contribution in [0.5, 0.6) is 0 Å². The summed E-state index contributed by atoms with van der Waals surface area (Å²) in [6.07, 6.45) is 0. The Morgan fingerprint density at radius 2 is 1.92 bits per heavy atom. The molecule has 1 aromatic rings. The minimum Gasteiger partial charge on any atom is -0.349 e. The number of carbonyl (C=O) groups is 2. The quantitative estimate of drug-likeness (QED) is 0.468. The topological polar surface area (TPSA) is 106 Å². The highest BCUT2D eigenvalue weighted by Crippen LogP contribution is 2.27. The molecule has 2 amide bonds. The summed E-state index contributed by atoms with van der Waals surface area (Å²) in [5.74, 6) is -0.571. The van der Waals surface area contributed by atoms with Crippen LogP contribution in [-0.2, 0) is 9.59 Å². The van der Waals surface area contributed by atoms with Gasteiger partial charge in [-0.15, -0.1) is 0 Å². The van der Waals surface area contributed by atoms with Crippen LogP contribution in [0.3, 0.4) is 0 Å². The van der Waals surface area contributed by atoms with Crippen LogP contribution in [0.1, 0.15) is 20.8 Å². The molecule has 0 aromatic heterocycles. The number of quaternary nitrogens is 1. The molecule has 0 heterocycles. The van der Waals surface area contributed by atoms with Crippen molar-refractivity contribution in [3.8, 4) is 0 Å². The fraction of sp³-hybridized carbons (Fsp3) is 0.467. The number of nitrogens with one attached hydrogen (secondary N) is 3. The SMILES string of the molecule is CC[NH+](CC(=O)Nc1cc(Cl)ccc1[N+](=O)[O-])CC(=O)NC(C)C. The van der Waals surface area contributed by atoms with Crippen molar-refractivity contribution in [2.45, 2.75) is 26.8 Å². The lowest BCUT2D eigenvalue weighted by molar-refractivity contribution is -0.881. The molecule has 0 saturated heterocycles. The van der Waals surface area contributed by atoms with Gasteiger partial charge in [0.25, 0.3) is 17.5 Å². The van der Waals surface area contributed by atoms with E-state index >= 15 is 0 Å². The number of nitrogens with zero attached hydrogens (tertiary/aromatic N) is 1. The van der Waals surface area contributed by atoms with E-state index in [-0.39, 0.29) is 41.4 Å². The Morgan fingerprint density at radius 3 is 2.46 bits per heavy atom. The summed E-state index contributed by atoms with van der Waals surface area (Å²) in [4.78, 5) is 35.1. The van der Waals surface area contributed by atoms with Crippen LogP contribution in [0.4, 0.5) is 11.4 Å². The number of likely N-dealkylation sites (N-methyl/N-ethyl adjacent to an activating group) is 1. The van der Waals surface area contributed by atoms with Crippen molar-refractivity contribution in [1.82, 2.24) is 5.32 Å². The number of anilines is 1. The maximum absolute atomic E-state index is 12.1. The Bertz CT molecular complexity index is 621. The fourth-order valence-corrected chi connectivity index (χ4v) is 2.27. The predicted octanol–water partition coefficient (Wildman–Crippen LogP) is 0.616. The highest BCUT2D eigenvalue weighted by Gasteiger charge is 2.20. The smallest absolute Gasteiger partial charge is 0.292 e. The second-order valence-electron chi connectivity index (χ2n) is 5.65. The largest absolute Gasteiger partial charge is 0.349 e. The number of amides is 2. The van der Waals surface area contributed by atoms with Gasteiger partial charge in [-0.05, 0) is 32.9 Å². The van der Waals surface area contributed by atoms with Crippen molar-refractivity contribution >= 4 is 34.8 Å². The minimum absolute atomic E-state index is 0.0195. The highest BCUT2D eigenvalue weighted by molar-refractivity contribution is 6.31. The van der Waals surface area contributed by atoms with Crippen LogP contribution in [0.2, 0.25) is 5.02 Å². The number of halogens is 1. The maximum atomic E-state index is 12.1. The lowest BCUT2D eigenvalue weighted by Crippen LogP contribution is -3.14. The summed E-state index contributed by atoms with van der Waals surface area (Å²) in [7, 11) is 0. The van der Waals surface area contributed by atoms with Crippen molar-refractivity contribution < 1.29 is 19.4 Å². The third kappa shape index (κ3) is 6.51. The molecule has 1 rings (SSSR count). The third-order valence-electron chi connectivity index (χ3n) is 3.20. The molecule has 0 radical (unpaired) electrons. The van der Waals surface area contributed by atoms with Crippen LogP contribution in [-0.4, -0.2) is 42.4 Å². The lowest BCUT2D eigenvalue weighted by atomic mass is 10.2. The third-order valence-corrected chi connectivity index (χ3v) is 3.44. The van der Waals surface area contributed by atoms with E-state index in [9.17, 15) is 19.7 Å². The monoisotopic (exact) mass is 357 g/mol. The summed E-state index contributed by atoms with van der Waals surface area (Å²) in [5.41, 5.74) is -0.192. The summed E-state index contributed by atoms with van der Waals surface area (Å²) in [5, 5.41) is 16.5. The molecule has 24 heavy (non-hydrogen) atoms. The number of hydrogen-bond acceptors (Lipinski definition) is 4. The fourth-order valence-electron chi connectivity index (χ4n) is 2.10. The molecule has 132 valence electrons. The second kappa shape index (κ2) is 9.19. The number of carbonyl (C=O) groups excluding carboxylic acids is 2. The van der Waals surface area contributed by atoms with Crippen molar-refractivity contribution in [3.05, 3.63) is 33.3 Å². The Balaban J connectivity index is 2.72. The van der Waals surface area contributed by atoms with E-state index < -0.39 is 10.8 Å². The average Bonchev–Trinajstić information content (AvgIpc) is 2.45. The van der Waals surface area contributed by atoms with E-state index in [0.717, 1.165) is 4.90 Å². The van der Waals surface area contributed by atoms with Gasteiger partial charge < -0.3 is 15.5 Å². The molecule has 9 heteroatoms. The van der Waals surface area contributed by atoms with Gasteiger partial charge in [-0.2, -0.15) is 0 Å². The highest BCUT2D eigenvalue weighted by atomic mass is 35.5. The zero-order chi connectivity index (χ0) is 18.3. The summed E-state index contributed by atoms with van der Waals surface area (Å²) in [6.45, 7) is 6.30. The molecule has 8 nitrogen and oxygen atoms in total. The van der Waals surface area contributed by atoms with Gasteiger partial charge in [-0.25, -0.2) is 0 Å². The average molecular weight is 358 g/mol. The molecule has 0 aliphatic rings.